The van der Waals surface area contributed by atoms with Gasteiger partial charge in [-0.1, -0.05) is 4.49 Å². The van der Waals surface area contributed by atoms with Gasteiger partial charge >= 0.3 is 0 Å². The van der Waals surface area contributed by atoms with Gasteiger partial charge in [-0.2, -0.15) is 0 Å². The Balaban J connectivity index is 1.67. The molecule has 1 saturated heterocycles. The van der Waals surface area contributed by atoms with E-state index in [4.69, 9.17) is 4.74 Å². The molecule has 2 aromatic rings. The second-order valence-corrected chi connectivity index (χ2v) is 5.27. The van der Waals surface area contributed by atoms with E-state index in [1.165, 1.54) is 0 Å². The summed E-state index contributed by atoms with van der Waals surface area (Å²) >= 11 is 1.07. The highest BCUT2D eigenvalue weighted by Crippen LogP contribution is 2.15. The van der Waals surface area contributed by atoms with Gasteiger partial charge in [0.25, 0.3) is 5.91 Å². The van der Waals surface area contributed by atoms with Crippen LogP contribution in [-0.4, -0.2) is 51.8 Å². The molecule has 1 amide bonds. The lowest BCUT2D eigenvalue weighted by Gasteiger charge is -2.26. The summed E-state index contributed by atoms with van der Waals surface area (Å²) in [6.07, 6.45) is 3.19. The second kappa shape index (κ2) is 6.10. The first-order valence-corrected chi connectivity index (χ1v) is 7.26. The van der Waals surface area contributed by atoms with Gasteiger partial charge in [0.1, 0.15) is 4.88 Å². The summed E-state index contributed by atoms with van der Waals surface area (Å²) in [5, 5.41) is 6.55. The van der Waals surface area contributed by atoms with Crippen molar-refractivity contribution in [1.82, 2.24) is 19.6 Å². The molecule has 110 valence electrons. The number of carbonyl (C=O) groups excluding carboxylic acids is 1. The number of anilines is 2. The predicted molar refractivity (Wildman–Crippen MR) is 77.7 cm³/mol. The number of nitrogens with one attached hydrogen (secondary N) is 1. The Morgan fingerprint density at radius 3 is 2.67 bits per heavy atom. The number of hydrogen-bond donors (Lipinski definition) is 1. The number of morpholine rings is 1. The van der Waals surface area contributed by atoms with Crippen LogP contribution in [0.2, 0.25) is 0 Å². The number of amides is 1. The number of ether oxygens (including phenoxy) is 1. The van der Waals surface area contributed by atoms with Crippen molar-refractivity contribution in [1.29, 1.82) is 0 Å². The Morgan fingerprint density at radius 2 is 2.05 bits per heavy atom. The summed E-state index contributed by atoms with van der Waals surface area (Å²) in [6.45, 7) is 4.66. The zero-order valence-electron chi connectivity index (χ0n) is 11.4. The number of carbonyl (C=O) groups is 1. The molecule has 8 nitrogen and oxygen atoms in total. The molecule has 2 aromatic heterocycles. The van der Waals surface area contributed by atoms with Gasteiger partial charge in [-0.3, -0.25) is 4.79 Å². The monoisotopic (exact) mass is 306 g/mol. The molecule has 1 aliphatic rings. The fourth-order valence-electron chi connectivity index (χ4n) is 1.94. The molecule has 0 saturated carbocycles. The highest BCUT2D eigenvalue weighted by Gasteiger charge is 2.15. The van der Waals surface area contributed by atoms with E-state index in [-0.39, 0.29) is 5.91 Å². The van der Waals surface area contributed by atoms with Crippen LogP contribution in [0, 0.1) is 6.92 Å². The van der Waals surface area contributed by atoms with E-state index in [1.807, 2.05) is 4.90 Å². The maximum Gasteiger partial charge on any atom is 0.269 e. The maximum atomic E-state index is 12.0. The van der Waals surface area contributed by atoms with E-state index >= 15 is 0 Å². The molecular weight excluding hydrogens is 292 g/mol. The number of nitrogens with zero attached hydrogens (tertiary/aromatic N) is 5. The molecule has 0 radical (unpaired) electrons. The fraction of sp³-hybridized carbons (Fsp3) is 0.417. The van der Waals surface area contributed by atoms with Crippen molar-refractivity contribution in [2.45, 2.75) is 6.92 Å². The highest BCUT2D eigenvalue weighted by molar-refractivity contribution is 7.08. The molecule has 0 aromatic carbocycles. The lowest BCUT2D eigenvalue weighted by molar-refractivity contribution is 0.102. The zero-order valence-corrected chi connectivity index (χ0v) is 12.3. The fourth-order valence-corrected chi connectivity index (χ4v) is 2.49. The van der Waals surface area contributed by atoms with Gasteiger partial charge in [0.2, 0.25) is 5.95 Å². The molecule has 1 N–H and O–H groups in total. The highest BCUT2D eigenvalue weighted by atomic mass is 32.1. The quantitative estimate of drug-likeness (QED) is 0.893. The van der Waals surface area contributed by atoms with Crippen LogP contribution in [0.15, 0.2) is 12.4 Å². The minimum Gasteiger partial charge on any atom is -0.378 e. The minimum atomic E-state index is -0.245. The van der Waals surface area contributed by atoms with Crippen LogP contribution in [0.3, 0.4) is 0 Å². The summed E-state index contributed by atoms with van der Waals surface area (Å²) in [7, 11) is 0. The molecule has 0 atom stereocenters. The van der Waals surface area contributed by atoms with E-state index in [2.05, 4.69) is 24.9 Å². The molecule has 9 heteroatoms. The van der Waals surface area contributed by atoms with Crippen molar-refractivity contribution < 1.29 is 9.53 Å². The summed E-state index contributed by atoms with van der Waals surface area (Å²) < 4.78 is 9.03. The first kappa shape index (κ1) is 13.8. The number of rotatable bonds is 3. The number of aromatic nitrogens is 4. The second-order valence-electron chi connectivity index (χ2n) is 4.51. The standard InChI is InChI=1S/C12H14N6O2S/c1-8-10(21-17-16-8)11(19)15-9-6-13-12(14-7-9)18-2-4-20-5-3-18/h6-7H,2-5H2,1H3,(H,15,19). The topological polar surface area (TPSA) is 93.1 Å². The summed E-state index contributed by atoms with van der Waals surface area (Å²) in [5.74, 6) is 0.400. The molecule has 1 aliphatic heterocycles. The van der Waals surface area contributed by atoms with Gasteiger partial charge in [-0.05, 0) is 18.5 Å². The normalized spacial score (nSPS) is 15.0. The van der Waals surface area contributed by atoms with Crippen molar-refractivity contribution in [3.05, 3.63) is 23.0 Å². The van der Waals surface area contributed by atoms with Gasteiger partial charge in [0, 0.05) is 13.1 Å². The average molecular weight is 306 g/mol. The lowest BCUT2D eigenvalue weighted by Crippen LogP contribution is -2.37. The van der Waals surface area contributed by atoms with E-state index in [0.717, 1.165) is 24.6 Å². The Labute approximate surface area is 125 Å². The number of aryl methyl sites for hydroxylation is 1. The van der Waals surface area contributed by atoms with Crippen LogP contribution in [0.25, 0.3) is 0 Å². The van der Waals surface area contributed by atoms with E-state index in [9.17, 15) is 4.79 Å². The van der Waals surface area contributed by atoms with Crippen LogP contribution < -0.4 is 10.2 Å². The molecule has 1 fully saturated rings. The SMILES string of the molecule is Cc1nnsc1C(=O)Nc1cnc(N2CCOCC2)nc1. The average Bonchev–Trinajstić information content (AvgIpc) is 2.95. The number of hydrogen-bond acceptors (Lipinski definition) is 8. The maximum absolute atomic E-state index is 12.0. The van der Waals surface area contributed by atoms with Crippen LogP contribution in [0.4, 0.5) is 11.6 Å². The summed E-state index contributed by atoms with van der Waals surface area (Å²) in [6, 6.07) is 0. The Kier molecular flexibility index (Phi) is 4.02. The first-order valence-electron chi connectivity index (χ1n) is 6.49. The molecule has 0 spiro atoms. The van der Waals surface area contributed by atoms with Gasteiger partial charge < -0.3 is 15.0 Å². The molecule has 21 heavy (non-hydrogen) atoms. The summed E-state index contributed by atoms with van der Waals surface area (Å²) in [4.78, 5) is 23.1. The minimum absolute atomic E-state index is 0.245. The molecule has 3 rings (SSSR count). The molecule has 0 unspecified atom stereocenters. The Morgan fingerprint density at radius 1 is 1.33 bits per heavy atom. The van der Waals surface area contributed by atoms with Crippen molar-refractivity contribution >= 4 is 29.1 Å². The van der Waals surface area contributed by atoms with E-state index < -0.39 is 0 Å². The van der Waals surface area contributed by atoms with Crippen LogP contribution >= 0.6 is 11.5 Å². The predicted octanol–water partition coefficient (Wildman–Crippen LogP) is 0.725. The Bertz CT molecular complexity index is 623. The smallest absolute Gasteiger partial charge is 0.269 e. The van der Waals surface area contributed by atoms with Gasteiger partial charge in [0.15, 0.2) is 0 Å². The van der Waals surface area contributed by atoms with Gasteiger partial charge in [0.05, 0.1) is 37.0 Å². The van der Waals surface area contributed by atoms with Crippen LogP contribution in [-0.2, 0) is 4.74 Å². The lowest BCUT2D eigenvalue weighted by atomic mass is 10.3. The molecule has 3 heterocycles. The first-order chi connectivity index (χ1) is 10.2. The molecule has 0 bridgehead atoms. The van der Waals surface area contributed by atoms with Crippen LogP contribution in [0.1, 0.15) is 15.4 Å². The Hall–Kier alpha value is -2.13. The largest absolute Gasteiger partial charge is 0.378 e. The van der Waals surface area contributed by atoms with Crippen molar-refractivity contribution in [2.24, 2.45) is 0 Å². The van der Waals surface area contributed by atoms with Crippen LogP contribution in [0.5, 0.6) is 0 Å². The third-order valence-electron chi connectivity index (χ3n) is 3.05. The van der Waals surface area contributed by atoms with Gasteiger partial charge in [-0.15, -0.1) is 5.10 Å². The van der Waals surface area contributed by atoms with Crippen molar-refractivity contribution in [3.8, 4) is 0 Å². The third kappa shape index (κ3) is 3.14. The molecular formula is C12H14N6O2S. The van der Waals surface area contributed by atoms with Crippen molar-refractivity contribution in [3.63, 3.8) is 0 Å². The summed E-state index contributed by atoms with van der Waals surface area (Å²) in [5.41, 5.74) is 1.16. The zero-order chi connectivity index (χ0) is 14.7. The molecule has 0 aliphatic carbocycles. The van der Waals surface area contributed by atoms with Crippen molar-refractivity contribution in [2.75, 3.05) is 36.5 Å². The van der Waals surface area contributed by atoms with Gasteiger partial charge in [-0.25, -0.2) is 9.97 Å². The van der Waals surface area contributed by atoms with E-state index in [1.54, 1.807) is 19.3 Å². The van der Waals surface area contributed by atoms with E-state index in [0.29, 0.717) is 35.4 Å². The third-order valence-corrected chi connectivity index (χ3v) is 3.87.